The summed E-state index contributed by atoms with van der Waals surface area (Å²) in [5.41, 5.74) is 0.00970. The molecule has 0 spiro atoms. The fourth-order valence-corrected chi connectivity index (χ4v) is 5.48. The lowest BCUT2D eigenvalue weighted by Crippen LogP contribution is -2.46. The molecule has 0 aliphatic carbocycles. The third-order valence-electron chi connectivity index (χ3n) is 6.33. The predicted molar refractivity (Wildman–Crippen MR) is 117 cm³/mol. The Bertz CT molecular complexity index is 1090. The summed E-state index contributed by atoms with van der Waals surface area (Å²) in [5, 5.41) is 29.8. The summed E-state index contributed by atoms with van der Waals surface area (Å²) >= 11 is 5.28. The Kier molecular flexibility index (Phi) is 7.01. The number of H-pyrrole nitrogens is 1. The van der Waals surface area contributed by atoms with Gasteiger partial charge in [-0.2, -0.15) is 0 Å². The maximum atomic E-state index is 12.7. The largest absolute Gasteiger partial charge is 0.387 e. The Morgan fingerprint density at radius 3 is 2.59 bits per heavy atom. The number of fused-ring (bicyclic) bond motifs is 1. The highest BCUT2D eigenvalue weighted by Gasteiger charge is 2.51. The number of hydrogen-bond acceptors (Lipinski definition) is 8. The van der Waals surface area contributed by atoms with Crippen LogP contribution in [0.5, 0.6) is 0 Å². The molecule has 0 aromatic carbocycles. The lowest BCUT2D eigenvalue weighted by molar-refractivity contribution is -0.746. The highest BCUT2D eigenvalue weighted by molar-refractivity contribution is 7.71. The smallest absolute Gasteiger partial charge is 0.359 e. The van der Waals surface area contributed by atoms with E-state index in [1.807, 2.05) is 0 Å². The van der Waals surface area contributed by atoms with Gasteiger partial charge in [-0.05, 0) is 26.7 Å². The van der Waals surface area contributed by atoms with Gasteiger partial charge in [0.1, 0.15) is 12.2 Å². The molecule has 5 N–H and O–H groups in total. The number of nitrogens with one attached hydrogen (secondary N) is 1. The SMILES string of the molecule is CCC(C)(C[C@H]1O[C@@H]([n+]2cn(C)c3c(=S)nc[nH]c32)[C@H](O)[C@@H]1O)OP(=O)(O)C(C)(O)CC. The molecular formula is C19H32N4O7PS+. The van der Waals surface area contributed by atoms with Crippen LogP contribution in [0.15, 0.2) is 12.7 Å². The number of aryl methyl sites for hydroxylation is 1. The molecule has 1 saturated heterocycles. The average molecular weight is 492 g/mol. The molecule has 32 heavy (non-hydrogen) atoms. The summed E-state index contributed by atoms with van der Waals surface area (Å²) < 4.78 is 28.0. The van der Waals surface area contributed by atoms with E-state index < -0.39 is 43.1 Å². The molecule has 1 aliphatic heterocycles. The van der Waals surface area contributed by atoms with Crippen molar-refractivity contribution in [1.29, 1.82) is 0 Å². The van der Waals surface area contributed by atoms with Crippen LogP contribution in [0.25, 0.3) is 11.2 Å². The predicted octanol–water partition coefficient (Wildman–Crippen LogP) is 1.42. The van der Waals surface area contributed by atoms with Gasteiger partial charge in [-0.25, -0.2) is 9.55 Å². The number of aromatic nitrogens is 4. The minimum atomic E-state index is -4.41. The lowest BCUT2D eigenvalue weighted by atomic mass is 9.93. The van der Waals surface area contributed by atoms with Gasteiger partial charge < -0.3 is 29.5 Å². The fourth-order valence-electron chi connectivity index (χ4n) is 3.79. The maximum Gasteiger partial charge on any atom is 0.359 e. The Labute approximate surface area is 191 Å². The summed E-state index contributed by atoms with van der Waals surface area (Å²) in [5.74, 6) is 0. The molecule has 3 heterocycles. The zero-order valence-corrected chi connectivity index (χ0v) is 20.5. The van der Waals surface area contributed by atoms with Crippen molar-refractivity contribution in [3.8, 4) is 0 Å². The highest BCUT2D eigenvalue weighted by atomic mass is 32.1. The molecule has 0 bridgehead atoms. The molecular weight excluding hydrogens is 459 g/mol. The molecule has 3 rings (SSSR count). The second-order valence-electron chi connectivity index (χ2n) is 8.77. The summed E-state index contributed by atoms with van der Waals surface area (Å²) in [6.07, 6.45) is -0.896. The Hall–Kier alpha value is -1.24. The van der Waals surface area contributed by atoms with Crippen LogP contribution in [0.1, 0.15) is 53.2 Å². The fraction of sp³-hybridized carbons (Fsp3) is 0.737. The van der Waals surface area contributed by atoms with E-state index in [0.717, 1.165) is 0 Å². The standard InChI is InChI=1S/C19H31N4O7PS/c1-6-18(3,30-31(27,28)19(4,26)7-2)8-11-13(24)14(25)17(29-11)23-10-22(5)12-15(23)20-9-21-16(12)32/h9-11,13-14,17,24-26H,6-8H2,1-5H3,(H-,20,21,27,28,32)/p+1/t11-,13-,14-,17-,18?,19?/m1/s1. The first-order valence-corrected chi connectivity index (χ1v) is 12.5. The second-order valence-corrected chi connectivity index (χ2v) is 11.3. The van der Waals surface area contributed by atoms with Crippen LogP contribution in [-0.4, -0.2) is 64.0 Å². The van der Waals surface area contributed by atoms with Crippen LogP contribution < -0.4 is 4.57 Å². The zero-order valence-electron chi connectivity index (χ0n) is 18.8. The topological polar surface area (TPSA) is 154 Å². The highest BCUT2D eigenvalue weighted by Crippen LogP contribution is 2.59. The molecule has 3 unspecified atom stereocenters. The number of ether oxygens (including phenoxy) is 1. The Morgan fingerprint density at radius 1 is 1.34 bits per heavy atom. The van der Waals surface area contributed by atoms with E-state index in [2.05, 4.69) is 9.97 Å². The molecule has 180 valence electrons. The molecule has 0 amide bonds. The Morgan fingerprint density at radius 2 is 2.00 bits per heavy atom. The number of imidazole rings is 1. The van der Waals surface area contributed by atoms with Crippen molar-refractivity contribution >= 4 is 31.0 Å². The summed E-state index contributed by atoms with van der Waals surface area (Å²) in [4.78, 5) is 17.4. The third-order valence-corrected chi connectivity index (χ3v) is 8.85. The number of aliphatic hydroxyl groups is 3. The molecule has 13 heteroatoms. The van der Waals surface area contributed by atoms with E-state index in [4.69, 9.17) is 21.5 Å². The quantitative estimate of drug-likeness (QED) is 0.209. The average Bonchev–Trinajstić information content (AvgIpc) is 3.19. The van der Waals surface area contributed by atoms with Crippen LogP contribution in [-0.2, 0) is 20.9 Å². The van der Waals surface area contributed by atoms with Crippen molar-refractivity contribution < 1.29 is 38.6 Å². The lowest BCUT2D eigenvalue weighted by Gasteiger charge is -2.37. The van der Waals surface area contributed by atoms with Gasteiger partial charge in [-0.3, -0.25) is 14.1 Å². The van der Waals surface area contributed by atoms with E-state index in [-0.39, 0.29) is 12.8 Å². The van der Waals surface area contributed by atoms with Crippen molar-refractivity contribution in [3.05, 3.63) is 17.3 Å². The van der Waals surface area contributed by atoms with Crippen molar-refractivity contribution in [2.45, 2.75) is 82.4 Å². The molecule has 0 radical (unpaired) electrons. The number of aliphatic hydroxyl groups excluding tert-OH is 2. The van der Waals surface area contributed by atoms with Crippen molar-refractivity contribution in [2.24, 2.45) is 7.05 Å². The first kappa shape index (κ1) is 25.4. The molecule has 11 nitrogen and oxygen atoms in total. The van der Waals surface area contributed by atoms with Gasteiger partial charge in [0.2, 0.25) is 11.7 Å². The van der Waals surface area contributed by atoms with Gasteiger partial charge in [0.25, 0.3) is 5.65 Å². The van der Waals surface area contributed by atoms with Gasteiger partial charge in [0.05, 0.1) is 18.8 Å². The monoisotopic (exact) mass is 491 g/mol. The van der Waals surface area contributed by atoms with Crippen molar-refractivity contribution in [1.82, 2.24) is 14.5 Å². The van der Waals surface area contributed by atoms with Crippen molar-refractivity contribution in [2.75, 3.05) is 0 Å². The second kappa shape index (κ2) is 8.84. The normalized spacial score (nSPS) is 29.5. The summed E-state index contributed by atoms with van der Waals surface area (Å²) in [6, 6.07) is 0. The van der Waals surface area contributed by atoms with E-state index in [0.29, 0.717) is 22.2 Å². The minimum absolute atomic E-state index is 0.0193. The van der Waals surface area contributed by atoms with Crippen molar-refractivity contribution in [3.63, 3.8) is 0 Å². The van der Waals surface area contributed by atoms with E-state index in [1.165, 1.54) is 13.3 Å². The first-order valence-electron chi connectivity index (χ1n) is 10.5. The van der Waals surface area contributed by atoms with Gasteiger partial charge in [0, 0.05) is 6.42 Å². The van der Waals surface area contributed by atoms with E-state index in [1.54, 1.807) is 43.3 Å². The molecule has 1 aliphatic rings. The van der Waals surface area contributed by atoms with Crippen LogP contribution in [0, 0.1) is 4.64 Å². The molecule has 2 aromatic rings. The molecule has 1 fully saturated rings. The van der Waals surface area contributed by atoms with Gasteiger partial charge >= 0.3 is 7.60 Å². The van der Waals surface area contributed by atoms with Gasteiger partial charge in [-0.15, -0.1) is 0 Å². The van der Waals surface area contributed by atoms with Crippen LogP contribution in [0.4, 0.5) is 0 Å². The third kappa shape index (κ3) is 4.43. The van der Waals surface area contributed by atoms with Gasteiger partial charge in [0.15, 0.2) is 22.6 Å². The number of aromatic amines is 1. The van der Waals surface area contributed by atoms with Crippen LogP contribution >= 0.6 is 19.8 Å². The summed E-state index contributed by atoms with van der Waals surface area (Å²) in [7, 11) is -2.63. The van der Waals surface area contributed by atoms with E-state index >= 15 is 0 Å². The van der Waals surface area contributed by atoms with E-state index in [9.17, 15) is 24.8 Å². The maximum absolute atomic E-state index is 12.7. The zero-order chi connectivity index (χ0) is 24.1. The minimum Gasteiger partial charge on any atom is -0.387 e. The number of hydrogen-bond donors (Lipinski definition) is 5. The molecule has 0 saturated carbocycles. The van der Waals surface area contributed by atoms with Crippen LogP contribution in [0.3, 0.4) is 0 Å². The molecule has 7 atom stereocenters. The number of nitrogens with zero attached hydrogens (tertiary/aromatic N) is 3. The first-order chi connectivity index (χ1) is 14.8. The molecule has 2 aromatic heterocycles. The number of rotatable bonds is 8. The Balaban J connectivity index is 1.87. The summed E-state index contributed by atoms with van der Waals surface area (Å²) in [6.45, 7) is 6.22. The van der Waals surface area contributed by atoms with Gasteiger partial charge in [-0.1, -0.05) is 26.1 Å². The van der Waals surface area contributed by atoms with Crippen LogP contribution in [0.2, 0.25) is 0 Å².